The minimum atomic E-state index is -0.0771. The van der Waals surface area contributed by atoms with Crippen molar-refractivity contribution in [2.24, 2.45) is 5.92 Å². The highest BCUT2D eigenvalue weighted by Gasteiger charge is 2.47. The molecule has 78 valence electrons. The van der Waals surface area contributed by atoms with Gasteiger partial charge in [0.25, 0.3) is 0 Å². The number of pyridine rings is 1. The van der Waals surface area contributed by atoms with Gasteiger partial charge in [-0.05, 0) is 18.1 Å². The number of aromatic nitrogens is 1. The third-order valence-corrected chi connectivity index (χ3v) is 3.52. The predicted molar refractivity (Wildman–Crippen MR) is 57.2 cm³/mol. The third kappa shape index (κ3) is 1.24. The molecule has 15 heavy (non-hydrogen) atoms. The van der Waals surface area contributed by atoms with Gasteiger partial charge in [0.1, 0.15) is 0 Å². The molecule has 2 bridgehead atoms. The Labute approximate surface area is 88.8 Å². The molecule has 0 aliphatic carbocycles. The van der Waals surface area contributed by atoms with Crippen molar-refractivity contribution >= 4 is 0 Å². The molecule has 0 saturated carbocycles. The second-order valence-electron chi connectivity index (χ2n) is 4.39. The Bertz CT molecular complexity index is 390. The first-order valence-corrected chi connectivity index (χ1v) is 5.32. The second-order valence-corrected chi connectivity index (χ2v) is 4.39. The Hall–Kier alpha value is -1.19. The Morgan fingerprint density at radius 3 is 3.20 bits per heavy atom. The molecule has 2 aliphatic rings. The largest absolute Gasteiger partial charge is 0.396 e. The standard InChI is InChI=1S/C12H14N2O/c15-8-9-6-12(4-3-11(9)14-12)10-2-1-5-13-7-10/h1-5,7,9,11,14-15H,6,8H2. The van der Waals surface area contributed by atoms with Crippen molar-refractivity contribution in [3.8, 4) is 0 Å². The van der Waals surface area contributed by atoms with E-state index < -0.39 is 0 Å². The number of aliphatic hydroxyl groups is 1. The van der Waals surface area contributed by atoms with Crippen molar-refractivity contribution in [3.63, 3.8) is 0 Å². The van der Waals surface area contributed by atoms with E-state index in [1.807, 2.05) is 12.3 Å². The van der Waals surface area contributed by atoms with E-state index >= 15 is 0 Å². The number of aliphatic hydroxyl groups excluding tert-OH is 1. The highest BCUT2D eigenvalue weighted by molar-refractivity contribution is 5.36. The second kappa shape index (κ2) is 3.15. The Balaban J connectivity index is 1.98. The molecule has 3 heteroatoms. The molecule has 3 atom stereocenters. The molecular formula is C12H14N2O. The van der Waals surface area contributed by atoms with Crippen LogP contribution in [0.3, 0.4) is 0 Å². The van der Waals surface area contributed by atoms with E-state index in [0.29, 0.717) is 12.0 Å². The van der Waals surface area contributed by atoms with Crippen LogP contribution in [-0.2, 0) is 5.54 Å². The number of rotatable bonds is 2. The van der Waals surface area contributed by atoms with Gasteiger partial charge in [0.15, 0.2) is 0 Å². The fourth-order valence-electron chi connectivity index (χ4n) is 2.71. The predicted octanol–water partition coefficient (Wildman–Crippen LogP) is 0.817. The van der Waals surface area contributed by atoms with Gasteiger partial charge in [-0.15, -0.1) is 0 Å². The summed E-state index contributed by atoms with van der Waals surface area (Å²) in [5, 5.41) is 12.8. The van der Waals surface area contributed by atoms with E-state index in [2.05, 4.69) is 28.5 Å². The quantitative estimate of drug-likeness (QED) is 0.698. The summed E-state index contributed by atoms with van der Waals surface area (Å²) in [6.07, 6.45) is 9.03. The summed E-state index contributed by atoms with van der Waals surface area (Å²) in [7, 11) is 0. The van der Waals surface area contributed by atoms with E-state index in [1.54, 1.807) is 6.20 Å². The first-order valence-electron chi connectivity index (χ1n) is 5.32. The molecule has 1 saturated heterocycles. The fourth-order valence-corrected chi connectivity index (χ4v) is 2.71. The maximum atomic E-state index is 9.26. The molecule has 3 heterocycles. The Kier molecular flexibility index (Phi) is 1.90. The van der Waals surface area contributed by atoms with Crippen LogP contribution in [-0.4, -0.2) is 22.7 Å². The minimum Gasteiger partial charge on any atom is -0.396 e. The van der Waals surface area contributed by atoms with E-state index in [1.165, 1.54) is 5.56 Å². The van der Waals surface area contributed by atoms with Gasteiger partial charge in [0, 0.05) is 31.0 Å². The van der Waals surface area contributed by atoms with Gasteiger partial charge in [-0.2, -0.15) is 0 Å². The molecule has 2 aliphatic heterocycles. The van der Waals surface area contributed by atoms with Crippen LogP contribution < -0.4 is 5.32 Å². The van der Waals surface area contributed by atoms with Crippen LogP contribution in [0.1, 0.15) is 12.0 Å². The van der Waals surface area contributed by atoms with Crippen LogP contribution in [0, 0.1) is 5.92 Å². The van der Waals surface area contributed by atoms with Crippen molar-refractivity contribution in [2.45, 2.75) is 18.0 Å². The molecule has 0 aromatic carbocycles. The summed E-state index contributed by atoms with van der Waals surface area (Å²) in [6, 6.07) is 4.38. The maximum absolute atomic E-state index is 9.26. The van der Waals surface area contributed by atoms with Gasteiger partial charge in [-0.3, -0.25) is 10.3 Å². The smallest absolute Gasteiger partial charge is 0.0644 e. The highest BCUT2D eigenvalue weighted by atomic mass is 16.3. The number of hydrogen-bond donors (Lipinski definition) is 2. The van der Waals surface area contributed by atoms with Crippen molar-refractivity contribution < 1.29 is 5.11 Å². The maximum Gasteiger partial charge on any atom is 0.0644 e. The lowest BCUT2D eigenvalue weighted by Crippen LogP contribution is -2.33. The third-order valence-electron chi connectivity index (χ3n) is 3.52. The monoisotopic (exact) mass is 202 g/mol. The van der Waals surface area contributed by atoms with Crippen LogP contribution in [0.2, 0.25) is 0 Å². The van der Waals surface area contributed by atoms with Crippen molar-refractivity contribution in [2.75, 3.05) is 6.61 Å². The summed E-state index contributed by atoms with van der Waals surface area (Å²) in [4.78, 5) is 4.16. The number of hydrogen-bond acceptors (Lipinski definition) is 3. The van der Waals surface area contributed by atoms with Crippen LogP contribution in [0.25, 0.3) is 0 Å². The van der Waals surface area contributed by atoms with E-state index in [4.69, 9.17) is 0 Å². The Morgan fingerprint density at radius 2 is 2.53 bits per heavy atom. The van der Waals surface area contributed by atoms with Gasteiger partial charge in [0.2, 0.25) is 0 Å². The molecule has 0 radical (unpaired) electrons. The molecule has 0 amide bonds. The number of nitrogens with zero attached hydrogens (tertiary/aromatic N) is 1. The van der Waals surface area contributed by atoms with Crippen LogP contribution in [0.15, 0.2) is 36.7 Å². The lowest BCUT2D eigenvalue weighted by Gasteiger charge is -2.24. The highest BCUT2D eigenvalue weighted by Crippen LogP contribution is 2.42. The number of fused-ring (bicyclic) bond motifs is 2. The van der Waals surface area contributed by atoms with Crippen molar-refractivity contribution in [3.05, 3.63) is 42.2 Å². The summed E-state index contributed by atoms with van der Waals surface area (Å²) >= 11 is 0. The summed E-state index contributed by atoms with van der Waals surface area (Å²) in [6.45, 7) is 0.254. The van der Waals surface area contributed by atoms with Gasteiger partial charge < -0.3 is 5.11 Å². The van der Waals surface area contributed by atoms with Crippen molar-refractivity contribution in [1.29, 1.82) is 0 Å². The first-order chi connectivity index (χ1) is 7.34. The van der Waals surface area contributed by atoms with E-state index in [-0.39, 0.29) is 12.1 Å². The number of nitrogens with one attached hydrogen (secondary N) is 1. The van der Waals surface area contributed by atoms with Gasteiger partial charge in [-0.1, -0.05) is 18.2 Å². The van der Waals surface area contributed by atoms with Gasteiger partial charge >= 0.3 is 0 Å². The fraction of sp³-hybridized carbons (Fsp3) is 0.417. The lowest BCUT2D eigenvalue weighted by atomic mass is 9.82. The summed E-state index contributed by atoms with van der Waals surface area (Å²) in [5.74, 6) is 0.343. The summed E-state index contributed by atoms with van der Waals surface area (Å²) in [5.41, 5.74) is 1.12. The molecule has 3 unspecified atom stereocenters. The summed E-state index contributed by atoms with van der Waals surface area (Å²) < 4.78 is 0. The molecule has 3 nitrogen and oxygen atoms in total. The zero-order valence-corrected chi connectivity index (χ0v) is 8.43. The average Bonchev–Trinajstić information content (AvgIpc) is 2.89. The topological polar surface area (TPSA) is 45.2 Å². The molecule has 1 aromatic heterocycles. The van der Waals surface area contributed by atoms with Crippen LogP contribution >= 0.6 is 0 Å². The van der Waals surface area contributed by atoms with Gasteiger partial charge in [-0.25, -0.2) is 0 Å². The molecule has 0 spiro atoms. The zero-order valence-electron chi connectivity index (χ0n) is 8.43. The average molecular weight is 202 g/mol. The van der Waals surface area contributed by atoms with Crippen LogP contribution in [0.4, 0.5) is 0 Å². The molecule has 1 fully saturated rings. The first kappa shape index (κ1) is 9.07. The van der Waals surface area contributed by atoms with Crippen LogP contribution in [0.5, 0.6) is 0 Å². The van der Waals surface area contributed by atoms with Crippen molar-refractivity contribution in [1.82, 2.24) is 10.3 Å². The SMILES string of the molecule is OCC1CC2(c3cccnc3)C=CC1N2. The Morgan fingerprint density at radius 1 is 1.60 bits per heavy atom. The van der Waals surface area contributed by atoms with Gasteiger partial charge in [0.05, 0.1) is 5.54 Å². The van der Waals surface area contributed by atoms with E-state index in [9.17, 15) is 5.11 Å². The minimum absolute atomic E-state index is 0.0771. The molecule has 2 N–H and O–H groups in total. The zero-order chi connectivity index (χ0) is 10.3. The molecular weight excluding hydrogens is 188 g/mol. The molecule has 1 aromatic rings. The normalized spacial score (nSPS) is 37.4. The lowest BCUT2D eigenvalue weighted by molar-refractivity contribution is 0.219. The van der Waals surface area contributed by atoms with E-state index in [0.717, 1.165) is 6.42 Å². The molecule has 3 rings (SSSR count).